The number of alkyl halides is 3. The van der Waals surface area contributed by atoms with Crippen LogP contribution in [0.2, 0.25) is 5.02 Å². The second kappa shape index (κ2) is 9.02. The Morgan fingerprint density at radius 2 is 1.94 bits per heavy atom. The van der Waals surface area contributed by atoms with Crippen LogP contribution in [0.25, 0.3) is 0 Å². The molecule has 166 valence electrons. The highest BCUT2D eigenvalue weighted by Crippen LogP contribution is 2.30. The van der Waals surface area contributed by atoms with E-state index in [0.717, 1.165) is 17.8 Å². The van der Waals surface area contributed by atoms with E-state index in [4.69, 9.17) is 11.6 Å². The maximum Gasteiger partial charge on any atom is 0.417 e. The lowest BCUT2D eigenvalue weighted by Crippen LogP contribution is -2.50. The molecule has 2 unspecified atom stereocenters. The van der Waals surface area contributed by atoms with Gasteiger partial charge in [-0.1, -0.05) is 23.7 Å². The first-order valence-electron chi connectivity index (χ1n) is 10.1. The molecule has 1 aromatic carbocycles. The maximum atomic E-state index is 12.7. The number of carbonyl (C=O) groups excluding carboxylic acids is 1. The minimum absolute atomic E-state index is 0.00189. The summed E-state index contributed by atoms with van der Waals surface area (Å²) in [6.45, 7) is 1.23. The standard InChI is InChI=1S/C21H23ClF3N5O/c22-15-3-1-2-13(10-15)17-11-18(29-28-17)20(31)27-16-6-8-30(9-7-16)19-5-4-14(12-26-19)21(23,24)25/h1-5,10,12,16-18,28-29H,6-9,11H2,(H,27,31). The number of nitrogens with one attached hydrogen (secondary N) is 3. The zero-order chi connectivity index (χ0) is 22.0. The van der Waals surface area contributed by atoms with E-state index in [2.05, 4.69) is 21.2 Å². The fraction of sp³-hybridized carbons (Fsp3) is 0.429. The van der Waals surface area contributed by atoms with Crippen molar-refractivity contribution in [3.8, 4) is 0 Å². The average Bonchev–Trinajstić information content (AvgIpc) is 3.24. The molecule has 0 saturated carbocycles. The number of hydrogen-bond donors (Lipinski definition) is 3. The molecule has 10 heteroatoms. The Balaban J connectivity index is 1.26. The largest absolute Gasteiger partial charge is 0.417 e. The van der Waals surface area contributed by atoms with Gasteiger partial charge < -0.3 is 10.2 Å². The Kier molecular flexibility index (Phi) is 6.36. The highest BCUT2D eigenvalue weighted by Gasteiger charge is 2.33. The van der Waals surface area contributed by atoms with E-state index in [9.17, 15) is 18.0 Å². The van der Waals surface area contributed by atoms with Crippen molar-refractivity contribution in [1.82, 2.24) is 21.2 Å². The van der Waals surface area contributed by atoms with Crippen LogP contribution in [0.4, 0.5) is 19.0 Å². The first-order chi connectivity index (χ1) is 14.8. The number of halogens is 4. The summed E-state index contributed by atoms with van der Waals surface area (Å²) in [5, 5.41) is 3.74. The molecule has 0 aliphatic carbocycles. The van der Waals surface area contributed by atoms with Crippen LogP contribution in [-0.4, -0.2) is 36.1 Å². The molecule has 31 heavy (non-hydrogen) atoms. The van der Waals surface area contributed by atoms with Crippen molar-refractivity contribution in [3.05, 3.63) is 58.7 Å². The first-order valence-corrected chi connectivity index (χ1v) is 10.5. The van der Waals surface area contributed by atoms with Gasteiger partial charge >= 0.3 is 6.18 Å². The van der Waals surface area contributed by atoms with E-state index in [-0.39, 0.29) is 24.0 Å². The second-order valence-electron chi connectivity index (χ2n) is 7.86. The third-order valence-corrected chi connectivity index (χ3v) is 5.95. The molecule has 2 aliphatic rings. The monoisotopic (exact) mass is 453 g/mol. The Morgan fingerprint density at radius 1 is 1.16 bits per heavy atom. The minimum atomic E-state index is -4.39. The normalized spacial score (nSPS) is 22.5. The Labute approximate surface area is 183 Å². The summed E-state index contributed by atoms with van der Waals surface area (Å²) < 4.78 is 38.1. The summed E-state index contributed by atoms with van der Waals surface area (Å²) in [5.41, 5.74) is 6.46. The van der Waals surface area contributed by atoms with Crippen LogP contribution in [0.1, 0.15) is 36.4 Å². The van der Waals surface area contributed by atoms with Gasteiger partial charge in [-0.05, 0) is 49.1 Å². The van der Waals surface area contributed by atoms with Crippen molar-refractivity contribution in [2.24, 2.45) is 0 Å². The van der Waals surface area contributed by atoms with Gasteiger partial charge in [-0.3, -0.25) is 4.79 Å². The predicted octanol–water partition coefficient (Wildman–Crippen LogP) is 3.45. The molecule has 1 amide bonds. The van der Waals surface area contributed by atoms with Gasteiger partial charge in [0.25, 0.3) is 0 Å². The van der Waals surface area contributed by atoms with Gasteiger partial charge in [-0.25, -0.2) is 15.8 Å². The number of nitrogens with zero attached hydrogens (tertiary/aromatic N) is 2. The number of hydrazine groups is 1. The lowest BCUT2D eigenvalue weighted by Gasteiger charge is -2.33. The van der Waals surface area contributed by atoms with Crippen LogP contribution in [0.15, 0.2) is 42.6 Å². The van der Waals surface area contributed by atoms with Crippen LogP contribution in [-0.2, 0) is 11.0 Å². The van der Waals surface area contributed by atoms with Crippen LogP contribution in [0.5, 0.6) is 0 Å². The number of piperidine rings is 1. The van der Waals surface area contributed by atoms with Gasteiger partial charge in [0.05, 0.1) is 5.56 Å². The SMILES string of the molecule is O=C(NC1CCN(c2ccc(C(F)(F)F)cn2)CC1)C1CC(c2cccc(Cl)c2)NN1. The fourth-order valence-corrected chi connectivity index (χ4v) is 4.16. The molecule has 2 aliphatic heterocycles. The number of rotatable bonds is 4. The highest BCUT2D eigenvalue weighted by atomic mass is 35.5. The number of aromatic nitrogens is 1. The molecule has 6 nitrogen and oxygen atoms in total. The summed E-state index contributed by atoms with van der Waals surface area (Å²) in [6.07, 6.45) is -1.52. The molecule has 4 rings (SSSR count). The van der Waals surface area contributed by atoms with E-state index in [1.54, 1.807) is 0 Å². The van der Waals surface area contributed by atoms with Crippen molar-refractivity contribution in [2.45, 2.75) is 43.6 Å². The van der Waals surface area contributed by atoms with Crippen molar-refractivity contribution >= 4 is 23.3 Å². The number of hydrogen-bond acceptors (Lipinski definition) is 5. The third-order valence-electron chi connectivity index (χ3n) is 5.71. The zero-order valence-corrected chi connectivity index (χ0v) is 17.4. The van der Waals surface area contributed by atoms with Crippen LogP contribution >= 0.6 is 11.6 Å². The topological polar surface area (TPSA) is 69.3 Å². The lowest BCUT2D eigenvalue weighted by atomic mass is 10.0. The van der Waals surface area contributed by atoms with Gasteiger partial charge in [0.2, 0.25) is 5.91 Å². The second-order valence-corrected chi connectivity index (χ2v) is 8.29. The smallest absolute Gasteiger partial charge is 0.356 e. The molecule has 1 aromatic heterocycles. The van der Waals surface area contributed by atoms with Gasteiger partial charge in [0.1, 0.15) is 11.9 Å². The van der Waals surface area contributed by atoms with E-state index in [1.807, 2.05) is 29.2 Å². The van der Waals surface area contributed by atoms with Crippen LogP contribution in [0.3, 0.4) is 0 Å². The molecular formula is C21H23ClF3N5O. The summed E-state index contributed by atoms with van der Waals surface area (Å²) in [6, 6.07) is 9.65. The van der Waals surface area contributed by atoms with Crippen molar-refractivity contribution < 1.29 is 18.0 Å². The molecular weight excluding hydrogens is 431 g/mol. The minimum Gasteiger partial charge on any atom is -0.356 e. The van der Waals surface area contributed by atoms with Crippen molar-refractivity contribution in [3.63, 3.8) is 0 Å². The number of amides is 1. The molecule has 2 fully saturated rings. The number of benzene rings is 1. The Bertz CT molecular complexity index is 916. The maximum absolute atomic E-state index is 12.7. The van der Waals surface area contributed by atoms with E-state index >= 15 is 0 Å². The van der Waals surface area contributed by atoms with Crippen molar-refractivity contribution in [2.75, 3.05) is 18.0 Å². The van der Waals surface area contributed by atoms with Gasteiger partial charge in [-0.15, -0.1) is 0 Å². The third kappa shape index (κ3) is 5.28. The van der Waals surface area contributed by atoms with E-state index in [0.29, 0.717) is 43.2 Å². The molecule has 0 radical (unpaired) electrons. The average molecular weight is 454 g/mol. The van der Waals surface area contributed by atoms with Crippen LogP contribution < -0.4 is 21.1 Å². The molecule has 3 N–H and O–H groups in total. The van der Waals surface area contributed by atoms with E-state index < -0.39 is 11.7 Å². The summed E-state index contributed by atoms with van der Waals surface area (Å²) in [7, 11) is 0. The summed E-state index contributed by atoms with van der Waals surface area (Å²) in [4.78, 5) is 18.6. The predicted molar refractivity (Wildman–Crippen MR) is 111 cm³/mol. The van der Waals surface area contributed by atoms with Crippen LogP contribution in [0, 0.1) is 0 Å². The summed E-state index contributed by atoms with van der Waals surface area (Å²) >= 11 is 6.05. The molecule has 2 saturated heterocycles. The summed E-state index contributed by atoms with van der Waals surface area (Å²) in [5.74, 6) is 0.451. The first kappa shape index (κ1) is 21.9. The van der Waals surface area contributed by atoms with Gasteiger partial charge in [-0.2, -0.15) is 13.2 Å². The zero-order valence-electron chi connectivity index (χ0n) is 16.6. The molecule has 3 heterocycles. The van der Waals surface area contributed by atoms with E-state index in [1.165, 1.54) is 6.07 Å². The highest BCUT2D eigenvalue weighted by molar-refractivity contribution is 6.30. The molecule has 2 aromatic rings. The molecule has 2 atom stereocenters. The van der Waals surface area contributed by atoms with Crippen molar-refractivity contribution in [1.29, 1.82) is 0 Å². The number of anilines is 1. The van der Waals surface area contributed by atoms with Gasteiger partial charge in [0, 0.05) is 36.4 Å². The molecule has 0 spiro atoms. The Morgan fingerprint density at radius 3 is 2.58 bits per heavy atom. The Hall–Kier alpha value is -2.36. The molecule has 0 bridgehead atoms. The lowest BCUT2D eigenvalue weighted by molar-refractivity contribution is -0.137. The van der Waals surface area contributed by atoms with Gasteiger partial charge in [0.15, 0.2) is 0 Å². The number of pyridine rings is 1. The fourth-order valence-electron chi connectivity index (χ4n) is 3.97. The quantitative estimate of drug-likeness (QED) is 0.661. The number of carbonyl (C=O) groups is 1.